The van der Waals surface area contributed by atoms with Crippen molar-refractivity contribution in [1.29, 1.82) is 0 Å². The van der Waals surface area contributed by atoms with Crippen LogP contribution in [0.1, 0.15) is 30.4 Å². The van der Waals surface area contributed by atoms with Crippen molar-refractivity contribution in [2.24, 2.45) is 0 Å². The summed E-state index contributed by atoms with van der Waals surface area (Å²) in [7, 11) is 0. The van der Waals surface area contributed by atoms with Gasteiger partial charge in [-0.25, -0.2) is 4.79 Å². The quantitative estimate of drug-likeness (QED) is 0.878. The molecule has 0 bridgehead atoms. The van der Waals surface area contributed by atoms with Crippen LogP contribution < -0.4 is 0 Å². The van der Waals surface area contributed by atoms with Gasteiger partial charge in [0, 0.05) is 5.92 Å². The second-order valence-electron chi connectivity index (χ2n) is 4.84. The van der Waals surface area contributed by atoms with Crippen molar-refractivity contribution in [3.8, 4) is 0 Å². The summed E-state index contributed by atoms with van der Waals surface area (Å²) in [5.41, 5.74) is -0.223. The standard InChI is InChI=1S/C17H18O3/c1-2-17(20,16(18)19)15(13-9-5-3-6-10-13)14-11-7-4-8-12-14/h3-12,15,20H,2H2,1H3,(H,18,19). The Labute approximate surface area is 118 Å². The van der Waals surface area contributed by atoms with E-state index >= 15 is 0 Å². The normalized spacial score (nSPS) is 13.9. The van der Waals surface area contributed by atoms with Gasteiger partial charge in [-0.1, -0.05) is 67.6 Å². The van der Waals surface area contributed by atoms with Gasteiger partial charge in [-0.05, 0) is 17.5 Å². The van der Waals surface area contributed by atoms with Crippen molar-refractivity contribution >= 4 is 5.97 Å². The number of benzene rings is 2. The summed E-state index contributed by atoms with van der Waals surface area (Å²) in [4.78, 5) is 11.6. The van der Waals surface area contributed by atoms with Gasteiger partial charge >= 0.3 is 5.97 Å². The second-order valence-corrected chi connectivity index (χ2v) is 4.84. The molecule has 0 aliphatic rings. The lowest BCUT2D eigenvalue weighted by molar-refractivity contribution is -0.160. The van der Waals surface area contributed by atoms with Gasteiger partial charge in [0.15, 0.2) is 5.60 Å². The summed E-state index contributed by atoms with van der Waals surface area (Å²) >= 11 is 0. The predicted octanol–water partition coefficient (Wildman–Crippen LogP) is 3.04. The third kappa shape index (κ3) is 2.58. The molecule has 2 N–H and O–H groups in total. The van der Waals surface area contributed by atoms with E-state index in [1.807, 2.05) is 60.7 Å². The first-order valence-corrected chi connectivity index (χ1v) is 6.65. The van der Waals surface area contributed by atoms with Gasteiger partial charge in [0.1, 0.15) is 0 Å². The minimum Gasteiger partial charge on any atom is -0.479 e. The molecule has 0 fully saturated rings. The Morgan fingerprint density at radius 3 is 1.70 bits per heavy atom. The van der Waals surface area contributed by atoms with Gasteiger partial charge in [0.2, 0.25) is 0 Å². The molecule has 0 aliphatic heterocycles. The fourth-order valence-corrected chi connectivity index (χ4v) is 2.51. The summed E-state index contributed by atoms with van der Waals surface area (Å²) in [6, 6.07) is 18.5. The van der Waals surface area contributed by atoms with Crippen molar-refractivity contribution in [2.45, 2.75) is 24.9 Å². The largest absolute Gasteiger partial charge is 0.479 e. The summed E-state index contributed by atoms with van der Waals surface area (Å²) in [5, 5.41) is 20.1. The number of carboxylic acids is 1. The number of aliphatic hydroxyl groups is 1. The highest BCUT2D eigenvalue weighted by molar-refractivity contribution is 5.79. The molecule has 0 saturated carbocycles. The Hall–Kier alpha value is -2.13. The minimum absolute atomic E-state index is 0.136. The summed E-state index contributed by atoms with van der Waals surface area (Å²) < 4.78 is 0. The topological polar surface area (TPSA) is 57.5 Å². The molecular formula is C17H18O3. The smallest absolute Gasteiger partial charge is 0.336 e. The highest BCUT2D eigenvalue weighted by atomic mass is 16.4. The summed E-state index contributed by atoms with van der Waals surface area (Å²) in [6.45, 7) is 1.69. The van der Waals surface area contributed by atoms with Gasteiger partial charge in [0.25, 0.3) is 0 Å². The monoisotopic (exact) mass is 270 g/mol. The third-order valence-corrected chi connectivity index (χ3v) is 3.65. The SMILES string of the molecule is CCC(O)(C(=O)O)C(c1ccccc1)c1ccccc1. The molecule has 0 aromatic heterocycles. The first-order chi connectivity index (χ1) is 9.59. The minimum atomic E-state index is -1.82. The molecule has 2 rings (SSSR count). The zero-order valence-electron chi connectivity index (χ0n) is 11.4. The molecular weight excluding hydrogens is 252 g/mol. The molecule has 0 amide bonds. The zero-order chi connectivity index (χ0) is 14.6. The molecule has 2 aromatic rings. The van der Waals surface area contributed by atoms with E-state index in [-0.39, 0.29) is 6.42 Å². The second kappa shape index (κ2) is 5.88. The first kappa shape index (κ1) is 14.3. The fourth-order valence-electron chi connectivity index (χ4n) is 2.51. The van der Waals surface area contributed by atoms with Crippen LogP contribution in [-0.2, 0) is 4.79 Å². The number of hydrogen-bond acceptors (Lipinski definition) is 2. The summed E-state index contributed by atoms with van der Waals surface area (Å²) in [5.74, 6) is -1.79. The van der Waals surface area contributed by atoms with Crippen LogP contribution in [0.3, 0.4) is 0 Å². The molecule has 1 unspecified atom stereocenters. The lowest BCUT2D eigenvalue weighted by atomic mass is 9.76. The molecule has 0 saturated heterocycles. The van der Waals surface area contributed by atoms with Crippen LogP contribution in [0.5, 0.6) is 0 Å². The molecule has 1 atom stereocenters. The van der Waals surface area contributed by atoms with Crippen LogP contribution in [0.4, 0.5) is 0 Å². The van der Waals surface area contributed by atoms with E-state index in [1.165, 1.54) is 0 Å². The molecule has 3 heteroatoms. The first-order valence-electron chi connectivity index (χ1n) is 6.65. The maximum absolute atomic E-state index is 11.6. The fraction of sp³-hybridized carbons (Fsp3) is 0.235. The molecule has 104 valence electrons. The Morgan fingerprint density at radius 1 is 1.00 bits per heavy atom. The van der Waals surface area contributed by atoms with Crippen LogP contribution in [-0.4, -0.2) is 21.8 Å². The van der Waals surface area contributed by atoms with Crippen molar-refractivity contribution < 1.29 is 15.0 Å². The van der Waals surface area contributed by atoms with Gasteiger partial charge in [-0.3, -0.25) is 0 Å². The predicted molar refractivity (Wildman–Crippen MR) is 77.6 cm³/mol. The van der Waals surface area contributed by atoms with E-state index < -0.39 is 17.5 Å². The number of hydrogen-bond donors (Lipinski definition) is 2. The number of carboxylic acid groups (broad SMARTS) is 1. The molecule has 20 heavy (non-hydrogen) atoms. The van der Waals surface area contributed by atoms with Crippen molar-refractivity contribution in [1.82, 2.24) is 0 Å². The van der Waals surface area contributed by atoms with E-state index in [4.69, 9.17) is 0 Å². The molecule has 3 nitrogen and oxygen atoms in total. The third-order valence-electron chi connectivity index (χ3n) is 3.65. The van der Waals surface area contributed by atoms with Crippen LogP contribution in [0.15, 0.2) is 60.7 Å². The Morgan fingerprint density at radius 2 is 1.40 bits per heavy atom. The number of carbonyl (C=O) groups is 1. The maximum Gasteiger partial charge on any atom is 0.336 e. The average Bonchev–Trinajstić information content (AvgIpc) is 2.49. The van der Waals surface area contributed by atoms with Crippen LogP contribution in [0.2, 0.25) is 0 Å². The van der Waals surface area contributed by atoms with Gasteiger partial charge < -0.3 is 10.2 Å². The average molecular weight is 270 g/mol. The highest BCUT2D eigenvalue weighted by Crippen LogP contribution is 2.37. The molecule has 0 spiro atoms. The van der Waals surface area contributed by atoms with Crippen molar-refractivity contribution in [3.63, 3.8) is 0 Å². The number of aliphatic carboxylic acids is 1. The van der Waals surface area contributed by atoms with E-state index in [1.54, 1.807) is 6.92 Å². The number of rotatable bonds is 5. The molecule has 0 heterocycles. The Balaban J connectivity index is 2.59. The lowest BCUT2D eigenvalue weighted by Crippen LogP contribution is -2.44. The van der Waals surface area contributed by atoms with E-state index in [2.05, 4.69) is 0 Å². The van der Waals surface area contributed by atoms with E-state index in [0.717, 1.165) is 11.1 Å². The van der Waals surface area contributed by atoms with E-state index in [0.29, 0.717) is 0 Å². The van der Waals surface area contributed by atoms with Gasteiger partial charge in [-0.2, -0.15) is 0 Å². The summed E-state index contributed by atoms with van der Waals surface area (Å²) in [6.07, 6.45) is 0.136. The molecule has 0 radical (unpaired) electrons. The van der Waals surface area contributed by atoms with Crippen molar-refractivity contribution in [3.05, 3.63) is 71.8 Å². The Kier molecular flexibility index (Phi) is 4.20. The van der Waals surface area contributed by atoms with Gasteiger partial charge in [0.05, 0.1) is 0 Å². The zero-order valence-corrected chi connectivity index (χ0v) is 11.4. The molecule has 0 aliphatic carbocycles. The highest BCUT2D eigenvalue weighted by Gasteiger charge is 2.44. The molecule has 2 aromatic carbocycles. The van der Waals surface area contributed by atoms with E-state index in [9.17, 15) is 15.0 Å². The lowest BCUT2D eigenvalue weighted by Gasteiger charge is -2.32. The Bertz CT molecular complexity index is 526. The van der Waals surface area contributed by atoms with Crippen LogP contribution in [0, 0.1) is 0 Å². The van der Waals surface area contributed by atoms with Crippen molar-refractivity contribution in [2.75, 3.05) is 0 Å². The van der Waals surface area contributed by atoms with Crippen LogP contribution in [0.25, 0.3) is 0 Å². The van der Waals surface area contributed by atoms with Crippen LogP contribution >= 0.6 is 0 Å². The maximum atomic E-state index is 11.6. The van der Waals surface area contributed by atoms with Gasteiger partial charge in [-0.15, -0.1) is 0 Å².